The van der Waals surface area contributed by atoms with Gasteiger partial charge in [-0.25, -0.2) is 4.68 Å². The Kier molecular flexibility index (Phi) is 4.57. The van der Waals surface area contributed by atoms with Crippen LogP contribution in [0.2, 0.25) is 0 Å². The molecule has 0 unspecified atom stereocenters. The summed E-state index contributed by atoms with van der Waals surface area (Å²) in [4.78, 5) is 12.5. The van der Waals surface area contributed by atoms with Gasteiger partial charge in [-0.3, -0.25) is 4.79 Å². The first-order valence-electron chi connectivity index (χ1n) is 8.27. The van der Waals surface area contributed by atoms with Crippen molar-refractivity contribution in [2.75, 3.05) is 5.32 Å². The number of benzene rings is 2. The molecule has 1 amide bonds. The average molecular weight is 413 g/mol. The highest BCUT2D eigenvalue weighted by atomic mass is 79.9. The summed E-state index contributed by atoms with van der Waals surface area (Å²) in [7, 11) is 0. The van der Waals surface area contributed by atoms with Crippen LogP contribution in [0, 0.1) is 6.92 Å². The number of amides is 1. The number of aryl methyl sites for hydroxylation is 1. The summed E-state index contributed by atoms with van der Waals surface area (Å²) in [5.74, 6) is -0.286. The first kappa shape index (κ1) is 16.9. The van der Waals surface area contributed by atoms with Crippen LogP contribution in [0.4, 0.5) is 5.69 Å². The van der Waals surface area contributed by atoms with E-state index in [9.17, 15) is 4.79 Å². The minimum Gasteiger partial charge on any atom is -0.365 e. The van der Waals surface area contributed by atoms with E-state index >= 15 is 0 Å². The van der Waals surface area contributed by atoms with E-state index < -0.39 is 0 Å². The van der Waals surface area contributed by atoms with E-state index in [1.807, 2.05) is 24.3 Å². The second-order valence-electron chi connectivity index (χ2n) is 6.24. The van der Waals surface area contributed by atoms with Gasteiger partial charge in [0.25, 0.3) is 5.91 Å². The number of hydrogen-bond donors (Lipinski definition) is 1. The molecule has 7 heteroatoms. The summed E-state index contributed by atoms with van der Waals surface area (Å²) >= 11 is 3.37. The number of carbonyl (C=O) groups excluding carboxylic acids is 1. The first-order chi connectivity index (χ1) is 12.6. The molecule has 26 heavy (non-hydrogen) atoms. The van der Waals surface area contributed by atoms with Gasteiger partial charge in [-0.2, -0.15) is 0 Å². The standard InChI is InChI=1S/C19H17BrN4O2/c1-12-2-4-13(5-3-12)17-10-24-16(11-26-17)18(22-23-24)19(25)21-15-8-6-14(20)7-9-15/h2-9,17H,10-11H2,1H3,(H,21,25)/t17-/m0/s1. The molecule has 0 spiro atoms. The van der Waals surface area contributed by atoms with Gasteiger partial charge in [-0.05, 0) is 36.8 Å². The molecule has 0 saturated carbocycles. The van der Waals surface area contributed by atoms with Gasteiger partial charge >= 0.3 is 0 Å². The van der Waals surface area contributed by atoms with E-state index in [1.54, 1.807) is 4.68 Å². The minimum absolute atomic E-state index is 0.0906. The van der Waals surface area contributed by atoms with Crippen molar-refractivity contribution in [3.05, 3.63) is 75.5 Å². The molecule has 0 saturated heterocycles. The van der Waals surface area contributed by atoms with Crippen molar-refractivity contribution in [2.45, 2.75) is 26.2 Å². The normalized spacial score (nSPS) is 16.2. The third kappa shape index (κ3) is 3.40. The van der Waals surface area contributed by atoms with Crippen molar-refractivity contribution in [1.29, 1.82) is 0 Å². The van der Waals surface area contributed by atoms with Crippen LogP contribution in [0.15, 0.2) is 53.0 Å². The Morgan fingerprint density at radius 3 is 2.65 bits per heavy atom. The number of rotatable bonds is 3. The molecule has 1 atom stereocenters. The third-order valence-corrected chi connectivity index (χ3v) is 4.89. The van der Waals surface area contributed by atoms with Crippen molar-refractivity contribution in [3.8, 4) is 0 Å². The molecule has 2 aromatic carbocycles. The van der Waals surface area contributed by atoms with Gasteiger partial charge in [0.15, 0.2) is 5.69 Å². The zero-order valence-corrected chi connectivity index (χ0v) is 15.7. The predicted molar refractivity (Wildman–Crippen MR) is 101 cm³/mol. The molecule has 1 aromatic heterocycles. The Balaban J connectivity index is 1.51. The largest absolute Gasteiger partial charge is 0.365 e. The molecule has 6 nitrogen and oxygen atoms in total. The lowest BCUT2D eigenvalue weighted by molar-refractivity contribution is -0.00171. The lowest BCUT2D eigenvalue weighted by Gasteiger charge is -2.24. The number of nitrogens with one attached hydrogen (secondary N) is 1. The van der Waals surface area contributed by atoms with E-state index in [2.05, 4.69) is 62.7 Å². The van der Waals surface area contributed by atoms with Gasteiger partial charge < -0.3 is 10.1 Å². The van der Waals surface area contributed by atoms with Gasteiger partial charge in [-0.15, -0.1) is 5.10 Å². The zero-order chi connectivity index (χ0) is 18.1. The highest BCUT2D eigenvalue weighted by Gasteiger charge is 2.27. The van der Waals surface area contributed by atoms with Gasteiger partial charge in [-0.1, -0.05) is 51.0 Å². The van der Waals surface area contributed by atoms with E-state index in [4.69, 9.17) is 4.74 Å². The maximum Gasteiger partial charge on any atom is 0.278 e. The zero-order valence-electron chi connectivity index (χ0n) is 14.1. The molecule has 0 fully saturated rings. The topological polar surface area (TPSA) is 69.0 Å². The van der Waals surface area contributed by atoms with Crippen LogP contribution in [-0.4, -0.2) is 20.9 Å². The second-order valence-corrected chi connectivity index (χ2v) is 7.15. The molecule has 3 aromatic rings. The highest BCUT2D eigenvalue weighted by molar-refractivity contribution is 9.10. The van der Waals surface area contributed by atoms with Crippen LogP contribution in [-0.2, 0) is 17.9 Å². The lowest BCUT2D eigenvalue weighted by atomic mass is 10.1. The molecular formula is C19H17BrN4O2. The van der Waals surface area contributed by atoms with Gasteiger partial charge in [0.2, 0.25) is 0 Å². The summed E-state index contributed by atoms with van der Waals surface area (Å²) in [5.41, 5.74) is 4.00. The molecule has 0 radical (unpaired) electrons. The SMILES string of the molecule is Cc1ccc([C@@H]2Cn3nnc(C(=O)Nc4ccc(Br)cc4)c3CO2)cc1. The van der Waals surface area contributed by atoms with Crippen LogP contribution in [0.5, 0.6) is 0 Å². The van der Waals surface area contributed by atoms with Crippen molar-refractivity contribution >= 4 is 27.5 Å². The summed E-state index contributed by atoms with van der Waals surface area (Å²) in [6.45, 7) is 2.89. The summed E-state index contributed by atoms with van der Waals surface area (Å²) in [6, 6.07) is 15.6. The quantitative estimate of drug-likeness (QED) is 0.708. The molecule has 1 N–H and O–H groups in total. The van der Waals surface area contributed by atoms with Crippen molar-refractivity contribution in [2.24, 2.45) is 0 Å². The van der Waals surface area contributed by atoms with E-state index in [1.165, 1.54) is 5.56 Å². The van der Waals surface area contributed by atoms with Gasteiger partial charge in [0.1, 0.15) is 6.10 Å². The minimum atomic E-state index is -0.286. The number of carbonyl (C=O) groups is 1. The third-order valence-electron chi connectivity index (χ3n) is 4.36. The monoisotopic (exact) mass is 412 g/mol. The van der Waals surface area contributed by atoms with Gasteiger partial charge in [0, 0.05) is 10.2 Å². The number of fused-ring (bicyclic) bond motifs is 1. The van der Waals surface area contributed by atoms with Crippen LogP contribution in [0.3, 0.4) is 0 Å². The molecule has 1 aliphatic heterocycles. The van der Waals surface area contributed by atoms with E-state index in [-0.39, 0.29) is 12.0 Å². The molecule has 0 bridgehead atoms. The van der Waals surface area contributed by atoms with Crippen molar-refractivity contribution in [1.82, 2.24) is 15.0 Å². The van der Waals surface area contributed by atoms with Crippen LogP contribution >= 0.6 is 15.9 Å². The fraction of sp³-hybridized carbons (Fsp3) is 0.211. The Morgan fingerprint density at radius 1 is 1.19 bits per heavy atom. The van der Waals surface area contributed by atoms with Gasteiger partial charge in [0.05, 0.1) is 18.8 Å². The fourth-order valence-corrected chi connectivity index (χ4v) is 3.16. The van der Waals surface area contributed by atoms with Crippen LogP contribution in [0.1, 0.15) is 33.4 Å². The predicted octanol–water partition coefficient (Wildman–Crippen LogP) is 3.87. The van der Waals surface area contributed by atoms with Crippen molar-refractivity contribution < 1.29 is 9.53 Å². The Labute approximate surface area is 159 Å². The van der Waals surface area contributed by atoms with E-state index in [0.29, 0.717) is 30.2 Å². The number of anilines is 1. The number of halogens is 1. The van der Waals surface area contributed by atoms with Crippen molar-refractivity contribution in [3.63, 3.8) is 0 Å². The molecule has 132 valence electrons. The number of aromatic nitrogens is 3. The molecule has 1 aliphatic rings. The van der Waals surface area contributed by atoms with Crippen LogP contribution in [0.25, 0.3) is 0 Å². The maximum atomic E-state index is 12.5. The summed E-state index contributed by atoms with van der Waals surface area (Å²) in [6.07, 6.45) is -0.0906. The first-order valence-corrected chi connectivity index (χ1v) is 9.07. The molecular weight excluding hydrogens is 396 g/mol. The Bertz CT molecular complexity index is 935. The lowest BCUT2D eigenvalue weighted by Crippen LogP contribution is -2.24. The van der Waals surface area contributed by atoms with Crippen LogP contribution < -0.4 is 5.32 Å². The average Bonchev–Trinajstić information content (AvgIpc) is 3.07. The second kappa shape index (κ2) is 7.01. The highest BCUT2D eigenvalue weighted by Crippen LogP contribution is 2.27. The smallest absolute Gasteiger partial charge is 0.278 e. The number of ether oxygens (including phenoxy) is 1. The summed E-state index contributed by atoms with van der Waals surface area (Å²) in [5, 5.41) is 11.1. The summed E-state index contributed by atoms with van der Waals surface area (Å²) < 4.78 is 8.66. The molecule has 0 aliphatic carbocycles. The fourth-order valence-electron chi connectivity index (χ4n) is 2.89. The molecule has 2 heterocycles. The number of nitrogens with zero attached hydrogens (tertiary/aromatic N) is 3. The van der Waals surface area contributed by atoms with E-state index in [0.717, 1.165) is 10.0 Å². The Hall–Kier alpha value is -2.51. The number of hydrogen-bond acceptors (Lipinski definition) is 4. The maximum absolute atomic E-state index is 12.5. The Morgan fingerprint density at radius 2 is 1.92 bits per heavy atom. The molecule has 4 rings (SSSR count).